The molecule has 0 aliphatic rings. The van der Waals surface area contributed by atoms with E-state index in [0.29, 0.717) is 11.6 Å². The van der Waals surface area contributed by atoms with Gasteiger partial charge in [0.15, 0.2) is 0 Å². The van der Waals surface area contributed by atoms with Crippen LogP contribution in [0.2, 0.25) is 0 Å². The highest BCUT2D eigenvalue weighted by molar-refractivity contribution is 5.37. The molecule has 2 N–H and O–H groups in total. The molecule has 0 amide bonds. The summed E-state index contributed by atoms with van der Waals surface area (Å²) < 4.78 is 6.60. The van der Waals surface area contributed by atoms with Crippen molar-refractivity contribution in [1.82, 2.24) is 14.8 Å². The first-order chi connectivity index (χ1) is 6.79. The summed E-state index contributed by atoms with van der Waals surface area (Å²) >= 11 is 0. The van der Waals surface area contributed by atoms with E-state index in [-0.39, 0.29) is 0 Å². The second kappa shape index (κ2) is 3.37. The lowest BCUT2D eigenvalue weighted by Gasteiger charge is -2.01. The molecule has 2 aromatic rings. The molecule has 0 aromatic carbocycles. The maximum atomic E-state index is 5.54. The molecule has 0 fully saturated rings. The van der Waals surface area contributed by atoms with Gasteiger partial charge in [-0.15, -0.1) is 0 Å². The second-order valence-corrected chi connectivity index (χ2v) is 2.78. The van der Waals surface area contributed by atoms with Gasteiger partial charge in [-0.1, -0.05) is 0 Å². The quantitative estimate of drug-likeness (QED) is 0.762. The summed E-state index contributed by atoms with van der Waals surface area (Å²) in [6, 6.07) is 3.63. The van der Waals surface area contributed by atoms with Gasteiger partial charge >= 0.3 is 0 Å². The molecular weight excluding hydrogens is 180 g/mol. The maximum absolute atomic E-state index is 5.54. The van der Waals surface area contributed by atoms with Crippen molar-refractivity contribution in [2.24, 2.45) is 0 Å². The van der Waals surface area contributed by atoms with Crippen LogP contribution in [0.4, 0.5) is 5.69 Å². The summed E-state index contributed by atoms with van der Waals surface area (Å²) in [5, 5.41) is 4.05. The third-order valence-corrected chi connectivity index (χ3v) is 1.80. The maximum Gasteiger partial charge on any atom is 0.213 e. The minimum Gasteiger partial charge on any atom is -0.481 e. The Balaban J connectivity index is 2.33. The lowest BCUT2D eigenvalue weighted by Crippen LogP contribution is -1.95. The Morgan fingerprint density at radius 2 is 2.21 bits per heavy atom. The zero-order valence-corrected chi connectivity index (χ0v) is 7.71. The normalized spacial score (nSPS) is 10.1. The molecule has 5 heteroatoms. The Labute approximate surface area is 81.1 Å². The van der Waals surface area contributed by atoms with Crippen LogP contribution in [-0.4, -0.2) is 21.9 Å². The van der Waals surface area contributed by atoms with Gasteiger partial charge in [0.2, 0.25) is 5.88 Å². The molecule has 14 heavy (non-hydrogen) atoms. The number of hydrogen-bond donors (Lipinski definition) is 1. The van der Waals surface area contributed by atoms with Gasteiger partial charge in [0.1, 0.15) is 0 Å². The van der Waals surface area contributed by atoms with Gasteiger partial charge in [-0.3, -0.25) is 0 Å². The first kappa shape index (κ1) is 8.55. The predicted octanol–water partition coefficient (Wildman–Crippen LogP) is 0.858. The van der Waals surface area contributed by atoms with Crippen LogP contribution in [0.25, 0.3) is 5.69 Å². The Kier molecular flexibility index (Phi) is 2.06. The van der Waals surface area contributed by atoms with E-state index in [0.717, 1.165) is 5.69 Å². The number of methoxy groups -OCH3 is 1. The van der Waals surface area contributed by atoms with Crippen molar-refractivity contribution in [1.29, 1.82) is 0 Å². The monoisotopic (exact) mass is 190 g/mol. The number of nitrogens with zero attached hydrogens (tertiary/aromatic N) is 3. The largest absolute Gasteiger partial charge is 0.481 e. The summed E-state index contributed by atoms with van der Waals surface area (Å²) in [5.41, 5.74) is 7.02. The fourth-order valence-electron chi connectivity index (χ4n) is 1.11. The minimum atomic E-state index is 0.578. The molecule has 0 aliphatic heterocycles. The molecule has 0 aliphatic carbocycles. The number of ether oxygens (including phenoxy) is 1. The van der Waals surface area contributed by atoms with Crippen LogP contribution < -0.4 is 10.5 Å². The zero-order valence-electron chi connectivity index (χ0n) is 7.71. The number of aromatic nitrogens is 3. The van der Waals surface area contributed by atoms with Crippen molar-refractivity contribution >= 4 is 5.69 Å². The zero-order chi connectivity index (χ0) is 9.97. The molecular formula is C9H10N4O. The van der Waals surface area contributed by atoms with E-state index in [4.69, 9.17) is 10.5 Å². The first-order valence-corrected chi connectivity index (χ1v) is 4.10. The van der Waals surface area contributed by atoms with Crippen molar-refractivity contribution in [2.45, 2.75) is 0 Å². The number of anilines is 1. The van der Waals surface area contributed by atoms with Crippen molar-refractivity contribution in [2.75, 3.05) is 12.8 Å². The van der Waals surface area contributed by atoms with Crippen molar-refractivity contribution < 1.29 is 4.74 Å². The van der Waals surface area contributed by atoms with Gasteiger partial charge in [-0.2, -0.15) is 5.10 Å². The second-order valence-electron chi connectivity index (χ2n) is 2.78. The number of pyridine rings is 1. The molecule has 0 radical (unpaired) electrons. The van der Waals surface area contributed by atoms with Gasteiger partial charge in [-0.25, -0.2) is 9.67 Å². The van der Waals surface area contributed by atoms with Crippen molar-refractivity contribution in [3.63, 3.8) is 0 Å². The summed E-state index contributed by atoms with van der Waals surface area (Å²) in [6.07, 6.45) is 4.99. The molecule has 0 saturated heterocycles. The van der Waals surface area contributed by atoms with Crippen LogP contribution in [0, 0.1) is 0 Å². The number of nitrogen functional groups attached to an aromatic ring is 1. The van der Waals surface area contributed by atoms with Crippen molar-refractivity contribution in [3.05, 3.63) is 30.7 Å². The SMILES string of the molecule is COc1ccc(-n2cc(N)cn2)cn1. The number of nitrogens with two attached hydrogens (primary N) is 1. The van der Waals surface area contributed by atoms with Crippen LogP contribution in [0.15, 0.2) is 30.7 Å². The van der Waals surface area contributed by atoms with E-state index in [1.807, 2.05) is 6.07 Å². The van der Waals surface area contributed by atoms with Crippen molar-refractivity contribution in [3.8, 4) is 11.6 Å². The Bertz CT molecular complexity index is 421. The summed E-state index contributed by atoms with van der Waals surface area (Å²) in [5.74, 6) is 0.578. The number of hydrogen-bond acceptors (Lipinski definition) is 4. The van der Waals surface area contributed by atoms with Crippen LogP contribution in [0.3, 0.4) is 0 Å². The van der Waals surface area contributed by atoms with Gasteiger partial charge < -0.3 is 10.5 Å². The van der Waals surface area contributed by atoms with Gasteiger partial charge in [0, 0.05) is 6.07 Å². The van der Waals surface area contributed by atoms with Crippen LogP contribution >= 0.6 is 0 Å². The Morgan fingerprint density at radius 3 is 2.71 bits per heavy atom. The standard InChI is InChI=1S/C9H10N4O/c1-14-9-3-2-8(5-11-9)13-6-7(10)4-12-13/h2-6H,10H2,1H3. The predicted molar refractivity (Wildman–Crippen MR) is 52.3 cm³/mol. The average Bonchev–Trinajstić information content (AvgIpc) is 2.65. The molecule has 2 aromatic heterocycles. The van der Waals surface area contributed by atoms with Gasteiger partial charge in [0.25, 0.3) is 0 Å². The highest BCUT2D eigenvalue weighted by Gasteiger charge is 1.99. The van der Waals surface area contributed by atoms with Gasteiger partial charge in [0.05, 0.1) is 37.1 Å². The average molecular weight is 190 g/mol. The molecule has 5 nitrogen and oxygen atoms in total. The first-order valence-electron chi connectivity index (χ1n) is 4.10. The fraction of sp³-hybridized carbons (Fsp3) is 0.111. The molecule has 0 bridgehead atoms. The lowest BCUT2D eigenvalue weighted by atomic mass is 10.4. The minimum absolute atomic E-state index is 0.578. The molecule has 2 rings (SSSR count). The number of rotatable bonds is 2. The summed E-state index contributed by atoms with van der Waals surface area (Å²) in [6.45, 7) is 0. The van der Waals surface area contributed by atoms with Crippen LogP contribution in [0.1, 0.15) is 0 Å². The summed E-state index contributed by atoms with van der Waals surface area (Å²) in [7, 11) is 1.58. The van der Waals surface area contributed by atoms with E-state index in [1.165, 1.54) is 0 Å². The molecule has 0 spiro atoms. The van der Waals surface area contributed by atoms with E-state index in [1.54, 1.807) is 36.4 Å². The van der Waals surface area contributed by atoms with Crippen LogP contribution in [0.5, 0.6) is 5.88 Å². The molecule has 0 atom stereocenters. The van der Waals surface area contributed by atoms with E-state index in [9.17, 15) is 0 Å². The highest BCUT2D eigenvalue weighted by atomic mass is 16.5. The topological polar surface area (TPSA) is 66.0 Å². The Hall–Kier alpha value is -2.04. The third-order valence-electron chi connectivity index (χ3n) is 1.80. The summed E-state index contributed by atoms with van der Waals surface area (Å²) in [4.78, 5) is 4.06. The fourth-order valence-corrected chi connectivity index (χ4v) is 1.11. The highest BCUT2D eigenvalue weighted by Crippen LogP contribution is 2.11. The smallest absolute Gasteiger partial charge is 0.213 e. The molecule has 0 unspecified atom stereocenters. The molecule has 72 valence electrons. The van der Waals surface area contributed by atoms with E-state index < -0.39 is 0 Å². The van der Waals surface area contributed by atoms with Gasteiger partial charge in [-0.05, 0) is 6.07 Å². The Morgan fingerprint density at radius 1 is 1.36 bits per heavy atom. The lowest BCUT2D eigenvalue weighted by molar-refractivity contribution is 0.397. The molecule has 2 heterocycles. The van der Waals surface area contributed by atoms with E-state index in [2.05, 4.69) is 10.1 Å². The van der Waals surface area contributed by atoms with E-state index >= 15 is 0 Å². The third kappa shape index (κ3) is 1.52. The molecule has 0 saturated carbocycles. The van der Waals surface area contributed by atoms with Crippen LogP contribution in [-0.2, 0) is 0 Å².